The van der Waals surface area contributed by atoms with Crippen LogP contribution in [0.5, 0.6) is 17.2 Å². The number of anilines is 1. The highest BCUT2D eigenvalue weighted by molar-refractivity contribution is 5.96. The van der Waals surface area contributed by atoms with E-state index in [1.54, 1.807) is 0 Å². The summed E-state index contributed by atoms with van der Waals surface area (Å²) in [7, 11) is 0. The van der Waals surface area contributed by atoms with E-state index in [9.17, 15) is 15.3 Å². The molecule has 1 aliphatic rings. The van der Waals surface area contributed by atoms with Crippen LogP contribution in [0.15, 0.2) is 36.5 Å². The van der Waals surface area contributed by atoms with E-state index in [1.165, 1.54) is 12.1 Å². The summed E-state index contributed by atoms with van der Waals surface area (Å²) >= 11 is 0. The highest BCUT2D eigenvalue weighted by atomic mass is 16.3. The average molecular weight is 470 g/mol. The number of carbonyl (C=O) groups is 2. The lowest BCUT2D eigenvalue weighted by molar-refractivity contribution is -0.0987. The van der Waals surface area contributed by atoms with Gasteiger partial charge in [-0.25, -0.2) is 0 Å². The van der Waals surface area contributed by atoms with Crippen molar-refractivity contribution in [2.75, 3.05) is 5.32 Å². The molecule has 1 aliphatic carbocycles. The Bertz CT molecular complexity index is 1040. The third-order valence-electron chi connectivity index (χ3n) is 5.58. The molecule has 6 N–H and O–H groups in total. The lowest BCUT2D eigenvalue weighted by Gasteiger charge is -2.28. The molecule has 0 aliphatic heterocycles. The van der Waals surface area contributed by atoms with Crippen LogP contribution in [-0.2, 0) is 9.59 Å². The minimum atomic E-state index is -0.514. The molecule has 2 aromatic carbocycles. The molecule has 1 aromatic heterocycles. The molecule has 184 valence electrons. The molecule has 4 rings (SSSR count). The minimum Gasteiger partial charge on any atom is -0.504 e. The molecule has 0 bridgehead atoms. The monoisotopic (exact) mass is 469 g/mol. The van der Waals surface area contributed by atoms with Crippen molar-refractivity contribution < 1.29 is 24.9 Å². The fourth-order valence-corrected chi connectivity index (χ4v) is 3.90. The van der Waals surface area contributed by atoms with E-state index >= 15 is 0 Å². The quantitative estimate of drug-likeness (QED) is 0.348. The number of pyridine rings is 1. The van der Waals surface area contributed by atoms with E-state index in [-0.39, 0.29) is 11.5 Å². The van der Waals surface area contributed by atoms with Crippen LogP contribution in [0.1, 0.15) is 45.1 Å². The van der Waals surface area contributed by atoms with E-state index in [0.29, 0.717) is 17.6 Å². The predicted molar refractivity (Wildman–Crippen MR) is 136 cm³/mol. The molecule has 34 heavy (non-hydrogen) atoms. The van der Waals surface area contributed by atoms with E-state index in [1.807, 2.05) is 58.7 Å². The summed E-state index contributed by atoms with van der Waals surface area (Å²) in [6.07, 6.45) is 6.01. The maximum absolute atomic E-state index is 9.85. The molecule has 0 saturated heterocycles. The minimum absolute atomic E-state index is 0.301. The third-order valence-corrected chi connectivity index (χ3v) is 5.58. The van der Waals surface area contributed by atoms with Gasteiger partial charge in [0, 0.05) is 29.4 Å². The Morgan fingerprint density at radius 3 is 2.03 bits per heavy atom. The summed E-state index contributed by atoms with van der Waals surface area (Å²) in [6, 6.07) is 9.37. The van der Waals surface area contributed by atoms with Gasteiger partial charge < -0.3 is 36.0 Å². The number of phenolic OH excluding ortho intramolecular Hbond substituents is 3. The number of nitrogens with zero attached hydrogens (tertiary/aromatic N) is 1. The lowest BCUT2D eigenvalue weighted by Crippen LogP contribution is -2.33. The highest BCUT2D eigenvalue weighted by Crippen LogP contribution is 2.40. The van der Waals surface area contributed by atoms with Crippen molar-refractivity contribution >= 4 is 30.2 Å². The van der Waals surface area contributed by atoms with Crippen LogP contribution >= 0.6 is 0 Å². The molecule has 0 unspecified atom stereocenters. The Labute approximate surface area is 200 Å². The van der Waals surface area contributed by atoms with Crippen LogP contribution < -0.4 is 11.1 Å². The first-order chi connectivity index (χ1) is 16.4. The van der Waals surface area contributed by atoms with Gasteiger partial charge in [-0.05, 0) is 73.6 Å². The van der Waals surface area contributed by atoms with Crippen molar-refractivity contribution in [2.45, 2.75) is 58.5 Å². The first kappa shape index (κ1) is 28.4. The van der Waals surface area contributed by atoms with E-state index in [2.05, 4.69) is 10.3 Å². The highest BCUT2D eigenvalue weighted by Gasteiger charge is 2.20. The van der Waals surface area contributed by atoms with Gasteiger partial charge in [-0.1, -0.05) is 19.9 Å². The number of nitrogens with one attached hydrogen (secondary N) is 1. The van der Waals surface area contributed by atoms with Crippen LogP contribution in [-0.4, -0.2) is 46.0 Å². The normalized spacial score (nSPS) is 16.6. The van der Waals surface area contributed by atoms with Gasteiger partial charge in [0.05, 0.1) is 5.52 Å². The largest absolute Gasteiger partial charge is 0.504 e. The lowest BCUT2D eigenvalue weighted by atomic mass is 9.91. The molecule has 8 heteroatoms. The Balaban J connectivity index is 0.000000894. The molecule has 0 radical (unpaired) electrons. The molecule has 0 spiro atoms. The van der Waals surface area contributed by atoms with Crippen LogP contribution in [0.25, 0.3) is 22.0 Å². The van der Waals surface area contributed by atoms with Crippen molar-refractivity contribution in [3.8, 4) is 28.4 Å². The van der Waals surface area contributed by atoms with Crippen molar-refractivity contribution in [2.24, 2.45) is 5.73 Å². The Hall–Kier alpha value is -3.65. The maximum Gasteiger partial charge on any atom is 0.200 e. The van der Waals surface area contributed by atoms with Gasteiger partial charge in [-0.15, -0.1) is 0 Å². The van der Waals surface area contributed by atoms with Crippen molar-refractivity contribution in [3.63, 3.8) is 0 Å². The third kappa shape index (κ3) is 6.68. The summed E-state index contributed by atoms with van der Waals surface area (Å²) in [5.41, 5.74) is 10.5. The van der Waals surface area contributed by atoms with E-state index < -0.39 is 5.75 Å². The van der Waals surface area contributed by atoms with Gasteiger partial charge in [0.1, 0.15) is 13.6 Å². The fraction of sp³-hybridized carbons (Fsp3) is 0.346. The Morgan fingerprint density at radius 2 is 1.47 bits per heavy atom. The molecule has 8 nitrogen and oxygen atoms in total. The zero-order valence-electron chi connectivity index (χ0n) is 20.0. The number of benzene rings is 2. The van der Waals surface area contributed by atoms with E-state index in [4.69, 9.17) is 15.3 Å². The summed E-state index contributed by atoms with van der Waals surface area (Å²) in [5.74, 6) is -1.22. The van der Waals surface area contributed by atoms with Crippen LogP contribution in [0, 0.1) is 6.92 Å². The van der Waals surface area contributed by atoms with Gasteiger partial charge in [0.2, 0.25) is 0 Å². The molecule has 1 fully saturated rings. The van der Waals surface area contributed by atoms with Crippen molar-refractivity contribution in [1.82, 2.24) is 4.98 Å². The molecular weight excluding hydrogens is 434 g/mol. The Kier molecular flexibility index (Phi) is 11.5. The fourth-order valence-electron chi connectivity index (χ4n) is 3.90. The van der Waals surface area contributed by atoms with Gasteiger partial charge in [0.25, 0.3) is 0 Å². The average Bonchev–Trinajstić information content (AvgIpc) is 2.88. The number of aromatic nitrogens is 1. The summed E-state index contributed by atoms with van der Waals surface area (Å²) < 4.78 is 0. The molecule has 0 atom stereocenters. The number of fused-ring (bicyclic) bond motifs is 1. The smallest absolute Gasteiger partial charge is 0.200 e. The number of phenols is 3. The zero-order valence-corrected chi connectivity index (χ0v) is 20.0. The van der Waals surface area contributed by atoms with Gasteiger partial charge >= 0.3 is 0 Å². The second-order valence-corrected chi connectivity index (χ2v) is 7.67. The number of rotatable bonds is 3. The van der Waals surface area contributed by atoms with Crippen LogP contribution in [0.3, 0.4) is 0 Å². The molecule has 0 amide bonds. The number of hydrogen-bond donors (Lipinski definition) is 5. The number of aromatic hydroxyl groups is 3. The Morgan fingerprint density at radius 1 is 0.912 bits per heavy atom. The van der Waals surface area contributed by atoms with Gasteiger partial charge in [-0.3, -0.25) is 4.98 Å². The van der Waals surface area contributed by atoms with Crippen molar-refractivity contribution in [3.05, 3.63) is 42.1 Å². The van der Waals surface area contributed by atoms with Gasteiger partial charge in [0.15, 0.2) is 17.2 Å². The zero-order chi connectivity index (χ0) is 25.8. The van der Waals surface area contributed by atoms with Crippen LogP contribution in [0.2, 0.25) is 0 Å². The predicted octanol–water partition coefficient (Wildman–Crippen LogP) is 4.67. The number of aryl methyl sites for hydroxylation is 1. The maximum atomic E-state index is 9.85. The second-order valence-electron chi connectivity index (χ2n) is 7.67. The van der Waals surface area contributed by atoms with E-state index in [0.717, 1.165) is 53.4 Å². The SMILES string of the molecule is C=O.C=O.CC.Cc1cnc2ccc(-c3cc(O)c(O)c(O)c3)cc2c1NC1CCC(N)CC1. The van der Waals surface area contributed by atoms with Crippen LogP contribution in [0.4, 0.5) is 5.69 Å². The first-order valence-electron chi connectivity index (χ1n) is 11.2. The molecule has 1 saturated carbocycles. The van der Waals surface area contributed by atoms with Crippen molar-refractivity contribution in [1.29, 1.82) is 0 Å². The second kappa shape index (κ2) is 13.8. The number of nitrogens with two attached hydrogens (primary N) is 1. The molecule has 3 aromatic rings. The first-order valence-corrected chi connectivity index (χ1v) is 11.2. The standard InChI is InChI=1S/C22H25N3O3.C2H6.2CH2O/c1-12-11-24-18-7-2-13(14-9-19(26)22(28)20(27)10-14)8-17(18)21(12)25-16-5-3-15(23)4-6-16;3*1-2/h2,7-11,15-16,26-28H,3-6,23H2,1H3,(H,24,25);1-2H3;2*1H2. The molecule has 1 heterocycles. The summed E-state index contributed by atoms with van der Waals surface area (Å²) in [6.45, 7) is 10.0. The van der Waals surface area contributed by atoms with Gasteiger partial charge in [-0.2, -0.15) is 0 Å². The molecular formula is C26H35N3O5. The summed E-state index contributed by atoms with van der Waals surface area (Å²) in [4.78, 5) is 20.5. The number of carbonyl (C=O) groups excluding carboxylic acids is 2. The topological polar surface area (TPSA) is 146 Å². The summed E-state index contributed by atoms with van der Waals surface area (Å²) in [5, 5.41) is 34.0. The number of hydrogen-bond acceptors (Lipinski definition) is 8.